The Morgan fingerprint density at radius 3 is 1.04 bits per heavy atom. The van der Waals surface area contributed by atoms with Crippen LogP contribution in [-0.4, -0.2) is 9.85 Å². The summed E-state index contributed by atoms with van der Waals surface area (Å²) in [5.41, 5.74) is 0.139. The normalized spacial score (nSPS) is 11.4. The minimum atomic E-state index is -0.393. The summed E-state index contributed by atoms with van der Waals surface area (Å²) in [4.78, 5) is 21.3. The highest BCUT2D eigenvalue weighted by atomic mass is 16.6. The second-order valence-corrected chi connectivity index (χ2v) is 6.83. The average Bonchev–Trinajstić information content (AvgIpc) is 2.68. The van der Waals surface area contributed by atoms with E-state index in [1.54, 1.807) is 24.3 Å². The maximum Gasteiger partial charge on any atom is 0.270 e. The summed E-state index contributed by atoms with van der Waals surface area (Å²) in [6, 6.07) is 21.7. The number of fused-ring (bicyclic) bond motifs is 4. The van der Waals surface area contributed by atoms with Crippen LogP contribution in [0.25, 0.3) is 43.1 Å². The van der Waals surface area contributed by atoms with Gasteiger partial charge in [0, 0.05) is 24.3 Å². The van der Waals surface area contributed by atoms with Crippen LogP contribution in [0, 0.1) is 20.2 Å². The zero-order chi connectivity index (χ0) is 19.4. The molecule has 5 rings (SSSR count). The summed E-state index contributed by atoms with van der Waals surface area (Å²) >= 11 is 0. The first kappa shape index (κ1) is 16.1. The molecule has 0 radical (unpaired) electrons. The Morgan fingerprint density at radius 2 is 0.714 bits per heavy atom. The van der Waals surface area contributed by atoms with E-state index in [-0.39, 0.29) is 11.4 Å². The van der Waals surface area contributed by atoms with E-state index in [0.717, 1.165) is 43.1 Å². The van der Waals surface area contributed by atoms with Gasteiger partial charge in [-0.05, 0) is 91.6 Å². The Hall–Kier alpha value is -4.06. The lowest BCUT2D eigenvalue weighted by Crippen LogP contribution is -1.88. The van der Waals surface area contributed by atoms with Crippen LogP contribution >= 0.6 is 0 Å². The number of hydrogen-bond acceptors (Lipinski definition) is 4. The Kier molecular flexibility index (Phi) is 3.30. The van der Waals surface area contributed by atoms with Gasteiger partial charge in [0.05, 0.1) is 9.85 Å². The molecule has 0 amide bonds. The van der Waals surface area contributed by atoms with E-state index in [4.69, 9.17) is 0 Å². The van der Waals surface area contributed by atoms with Crippen molar-refractivity contribution in [3.63, 3.8) is 0 Å². The summed E-state index contributed by atoms with van der Waals surface area (Å²) in [5, 5.41) is 29.6. The molecule has 5 aromatic rings. The first-order valence-electron chi connectivity index (χ1n) is 8.62. The standard InChI is InChI=1S/C22H12N2O4/c25-23(26)21-3-1-13-5-15-7-18-10-20-12-22(24(27)28)4-2-14(20)6-16(18)8-17(15)9-19(13)11-21/h1-12H. The highest BCUT2D eigenvalue weighted by molar-refractivity contribution is 6.08. The molecular formula is C22H12N2O4. The topological polar surface area (TPSA) is 86.3 Å². The van der Waals surface area contributed by atoms with E-state index in [2.05, 4.69) is 0 Å². The lowest BCUT2D eigenvalue weighted by Gasteiger charge is -2.07. The van der Waals surface area contributed by atoms with Crippen LogP contribution in [0.5, 0.6) is 0 Å². The lowest BCUT2D eigenvalue weighted by molar-refractivity contribution is -0.384. The van der Waals surface area contributed by atoms with Crippen LogP contribution in [0.3, 0.4) is 0 Å². The zero-order valence-corrected chi connectivity index (χ0v) is 14.5. The molecule has 0 unspecified atom stereocenters. The molecule has 5 aromatic carbocycles. The third kappa shape index (κ3) is 2.51. The fourth-order valence-corrected chi connectivity index (χ4v) is 3.70. The quantitative estimate of drug-likeness (QED) is 0.213. The van der Waals surface area contributed by atoms with Gasteiger partial charge in [0.15, 0.2) is 0 Å². The number of nitrogens with zero attached hydrogens (tertiary/aromatic N) is 2. The molecule has 0 N–H and O–H groups in total. The van der Waals surface area contributed by atoms with Crippen molar-refractivity contribution in [2.75, 3.05) is 0 Å². The minimum Gasteiger partial charge on any atom is -0.258 e. The smallest absolute Gasteiger partial charge is 0.258 e. The summed E-state index contributed by atoms with van der Waals surface area (Å²) in [7, 11) is 0. The molecule has 0 aromatic heterocycles. The Balaban J connectivity index is 1.78. The molecule has 0 saturated carbocycles. The lowest BCUT2D eigenvalue weighted by atomic mass is 9.97. The highest BCUT2D eigenvalue weighted by Gasteiger charge is 2.10. The van der Waals surface area contributed by atoms with Crippen molar-refractivity contribution in [2.45, 2.75) is 0 Å². The van der Waals surface area contributed by atoms with Crippen molar-refractivity contribution in [3.05, 3.63) is 93.0 Å². The number of non-ortho nitro benzene ring substituents is 2. The maximum absolute atomic E-state index is 11.0. The van der Waals surface area contributed by atoms with E-state index in [1.807, 2.05) is 36.4 Å². The van der Waals surface area contributed by atoms with Crippen molar-refractivity contribution in [3.8, 4) is 0 Å². The summed E-state index contributed by atoms with van der Waals surface area (Å²) in [6.07, 6.45) is 0. The second-order valence-electron chi connectivity index (χ2n) is 6.83. The van der Waals surface area contributed by atoms with Crippen LogP contribution in [0.4, 0.5) is 11.4 Å². The van der Waals surface area contributed by atoms with E-state index in [0.29, 0.717) is 0 Å². The third-order valence-electron chi connectivity index (χ3n) is 5.10. The molecule has 28 heavy (non-hydrogen) atoms. The van der Waals surface area contributed by atoms with Crippen LogP contribution in [0.1, 0.15) is 0 Å². The molecule has 0 heterocycles. The van der Waals surface area contributed by atoms with Gasteiger partial charge in [-0.15, -0.1) is 0 Å². The first-order chi connectivity index (χ1) is 13.5. The molecular weight excluding hydrogens is 356 g/mol. The number of benzene rings is 5. The molecule has 0 bridgehead atoms. The molecule has 0 spiro atoms. The summed E-state index contributed by atoms with van der Waals surface area (Å²) in [5.74, 6) is 0. The van der Waals surface area contributed by atoms with Gasteiger partial charge < -0.3 is 0 Å². The Morgan fingerprint density at radius 1 is 0.429 bits per heavy atom. The van der Waals surface area contributed by atoms with Crippen molar-refractivity contribution < 1.29 is 9.85 Å². The average molecular weight is 368 g/mol. The van der Waals surface area contributed by atoms with Crippen molar-refractivity contribution in [1.82, 2.24) is 0 Å². The van der Waals surface area contributed by atoms with Gasteiger partial charge in [0.1, 0.15) is 0 Å². The van der Waals surface area contributed by atoms with Crippen molar-refractivity contribution in [2.24, 2.45) is 0 Å². The molecule has 0 aliphatic carbocycles. The predicted octanol–water partition coefficient (Wildman–Crippen LogP) is 6.12. The van der Waals surface area contributed by atoms with Gasteiger partial charge in [-0.2, -0.15) is 0 Å². The number of rotatable bonds is 2. The van der Waals surface area contributed by atoms with Crippen molar-refractivity contribution in [1.29, 1.82) is 0 Å². The predicted molar refractivity (Wildman–Crippen MR) is 110 cm³/mol. The Labute approximate surface area is 157 Å². The number of hydrogen-bond donors (Lipinski definition) is 0. The van der Waals surface area contributed by atoms with E-state index < -0.39 is 9.85 Å². The van der Waals surface area contributed by atoms with Crippen LogP contribution in [0.15, 0.2) is 72.8 Å². The van der Waals surface area contributed by atoms with Crippen molar-refractivity contribution >= 4 is 54.5 Å². The second kappa shape index (κ2) is 5.72. The third-order valence-corrected chi connectivity index (χ3v) is 5.10. The van der Waals surface area contributed by atoms with E-state index in [1.165, 1.54) is 12.1 Å². The molecule has 0 aliphatic rings. The summed E-state index contributed by atoms with van der Waals surface area (Å²) in [6.45, 7) is 0. The molecule has 134 valence electrons. The molecule has 0 fully saturated rings. The monoisotopic (exact) mass is 368 g/mol. The van der Waals surface area contributed by atoms with Gasteiger partial charge >= 0.3 is 0 Å². The molecule has 6 heteroatoms. The maximum atomic E-state index is 11.0. The SMILES string of the molecule is O=[N+]([O-])c1ccc2cc3cc4cc5cc([N+](=O)[O-])ccc5cc4cc3cc2c1. The van der Waals surface area contributed by atoms with Gasteiger partial charge in [0.2, 0.25) is 0 Å². The van der Waals surface area contributed by atoms with Gasteiger partial charge in [-0.3, -0.25) is 20.2 Å². The van der Waals surface area contributed by atoms with Crippen LogP contribution in [-0.2, 0) is 0 Å². The Bertz CT molecular complexity index is 1360. The van der Waals surface area contributed by atoms with E-state index in [9.17, 15) is 20.2 Å². The van der Waals surface area contributed by atoms with Gasteiger partial charge in [0.25, 0.3) is 11.4 Å². The van der Waals surface area contributed by atoms with Crippen LogP contribution in [0.2, 0.25) is 0 Å². The molecule has 6 nitrogen and oxygen atoms in total. The number of nitro groups is 2. The zero-order valence-electron chi connectivity index (χ0n) is 14.5. The molecule has 0 aliphatic heterocycles. The minimum absolute atomic E-state index is 0.0697. The van der Waals surface area contributed by atoms with Gasteiger partial charge in [-0.25, -0.2) is 0 Å². The first-order valence-corrected chi connectivity index (χ1v) is 8.62. The highest BCUT2D eigenvalue weighted by Crippen LogP contribution is 2.32. The fraction of sp³-hybridized carbons (Fsp3) is 0. The largest absolute Gasteiger partial charge is 0.270 e. The van der Waals surface area contributed by atoms with E-state index >= 15 is 0 Å². The molecule has 0 atom stereocenters. The van der Waals surface area contributed by atoms with Gasteiger partial charge in [-0.1, -0.05) is 0 Å². The molecule has 0 saturated heterocycles. The fourth-order valence-electron chi connectivity index (χ4n) is 3.70. The summed E-state index contributed by atoms with van der Waals surface area (Å²) < 4.78 is 0. The number of nitro benzene ring substituents is 2. The van der Waals surface area contributed by atoms with Crippen LogP contribution < -0.4 is 0 Å².